The van der Waals surface area contributed by atoms with E-state index in [4.69, 9.17) is 5.73 Å². The molecule has 1 aromatic carbocycles. The fourth-order valence-electron chi connectivity index (χ4n) is 3.54. The van der Waals surface area contributed by atoms with Crippen molar-refractivity contribution in [2.75, 3.05) is 23.3 Å². The van der Waals surface area contributed by atoms with Crippen molar-refractivity contribution < 1.29 is 9.18 Å². The summed E-state index contributed by atoms with van der Waals surface area (Å²) < 4.78 is 14.3. The zero-order chi connectivity index (χ0) is 20.2. The highest BCUT2D eigenvalue weighted by atomic mass is 19.1. The number of hydrogen-bond acceptors (Lipinski definition) is 5. The number of carbonyl (C=O) groups excluding carboxylic acids is 1. The topological polar surface area (TPSA) is 84.1 Å². The van der Waals surface area contributed by atoms with Crippen molar-refractivity contribution in [2.45, 2.75) is 18.9 Å². The number of nitrogens with zero attached hydrogens (tertiary/aromatic N) is 3. The van der Waals surface area contributed by atoms with E-state index in [0.717, 1.165) is 31.6 Å². The van der Waals surface area contributed by atoms with E-state index < -0.39 is 11.7 Å². The van der Waals surface area contributed by atoms with Gasteiger partial charge in [-0.05, 0) is 31.0 Å². The minimum Gasteiger partial charge on any atom is -0.368 e. The fraction of sp³-hybridized carbons (Fsp3) is 0.227. The quantitative estimate of drug-likeness (QED) is 0.712. The minimum atomic E-state index is -0.475. The molecular weight excluding hydrogens is 369 g/mol. The van der Waals surface area contributed by atoms with E-state index in [2.05, 4.69) is 20.2 Å². The monoisotopic (exact) mass is 391 g/mol. The largest absolute Gasteiger partial charge is 0.368 e. The van der Waals surface area contributed by atoms with Crippen molar-refractivity contribution in [1.29, 1.82) is 0 Å². The van der Waals surface area contributed by atoms with Gasteiger partial charge in [-0.3, -0.25) is 9.78 Å². The third kappa shape index (κ3) is 4.25. The SMILES string of the molecule is N[C@H]1CCCN(c2ccncc2NC(=O)c2ccc(F)c(-c3ccccc3)n2)C1. The van der Waals surface area contributed by atoms with Crippen LogP contribution in [0.4, 0.5) is 15.8 Å². The lowest BCUT2D eigenvalue weighted by Gasteiger charge is -2.33. The lowest BCUT2D eigenvalue weighted by atomic mass is 10.1. The van der Waals surface area contributed by atoms with Gasteiger partial charge >= 0.3 is 0 Å². The van der Waals surface area contributed by atoms with Gasteiger partial charge in [0.2, 0.25) is 0 Å². The smallest absolute Gasteiger partial charge is 0.274 e. The highest BCUT2D eigenvalue weighted by Gasteiger charge is 2.21. The molecule has 0 saturated carbocycles. The number of halogens is 1. The van der Waals surface area contributed by atoms with Crippen molar-refractivity contribution in [3.8, 4) is 11.3 Å². The molecule has 0 radical (unpaired) electrons. The van der Waals surface area contributed by atoms with Crippen LogP contribution in [0.25, 0.3) is 11.3 Å². The lowest BCUT2D eigenvalue weighted by molar-refractivity contribution is 0.102. The number of hydrogen-bond donors (Lipinski definition) is 2. The molecule has 3 aromatic rings. The Morgan fingerprint density at radius 2 is 2.00 bits per heavy atom. The van der Waals surface area contributed by atoms with Crippen LogP contribution < -0.4 is 16.0 Å². The molecule has 1 amide bonds. The number of carbonyl (C=O) groups is 1. The average Bonchev–Trinajstić information content (AvgIpc) is 2.75. The molecule has 4 rings (SSSR count). The fourth-order valence-corrected chi connectivity index (χ4v) is 3.54. The van der Waals surface area contributed by atoms with Crippen molar-refractivity contribution in [3.05, 3.63) is 72.4 Å². The van der Waals surface area contributed by atoms with Crippen molar-refractivity contribution >= 4 is 17.3 Å². The molecule has 1 aliphatic heterocycles. The molecule has 2 aromatic heterocycles. The molecule has 29 heavy (non-hydrogen) atoms. The van der Waals surface area contributed by atoms with Gasteiger partial charge in [0.05, 0.1) is 17.6 Å². The highest BCUT2D eigenvalue weighted by Crippen LogP contribution is 2.28. The van der Waals surface area contributed by atoms with Crippen LogP contribution in [0.1, 0.15) is 23.3 Å². The molecule has 1 atom stereocenters. The van der Waals surface area contributed by atoms with Crippen LogP contribution in [-0.2, 0) is 0 Å². The maximum absolute atomic E-state index is 14.3. The number of anilines is 2. The predicted octanol–water partition coefficient (Wildman–Crippen LogP) is 3.46. The molecule has 0 bridgehead atoms. The van der Waals surface area contributed by atoms with Gasteiger partial charge in [-0.1, -0.05) is 30.3 Å². The number of rotatable bonds is 4. The summed E-state index contributed by atoms with van der Waals surface area (Å²) in [6, 6.07) is 13.6. The Morgan fingerprint density at radius 3 is 2.79 bits per heavy atom. The summed E-state index contributed by atoms with van der Waals surface area (Å²) in [6.45, 7) is 1.59. The zero-order valence-electron chi connectivity index (χ0n) is 15.9. The first kappa shape index (κ1) is 19.0. The van der Waals surface area contributed by atoms with Crippen LogP contribution >= 0.6 is 0 Å². The first-order valence-corrected chi connectivity index (χ1v) is 9.59. The molecule has 1 saturated heterocycles. The van der Waals surface area contributed by atoms with E-state index in [9.17, 15) is 9.18 Å². The van der Waals surface area contributed by atoms with Gasteiger partial charge in [0.25, 0.3) is 5.91 Å². The predicted molar refractivity (Wildman–Crippen MR) is 111 cm³/mol. The lowest BCUT2D eigenvalue weighted by Crippen LogP contribution is -2.43. The summed E-state index contributed by atoms with van der Waals surface area (Å²) in [7, 11) is 0. The molecule has 6 nitrogen and oxygen atoms in total. The summed E-state index contributed by atoms with van der Waals surface area (Å²) in [4.78, 5) is 23.4. The minimum absolute atomic E-state index is 0.104. The van der Waals surface area contributed by atoms with Gasteiger partial charge < -0.3 is 16.0 Å². The zero-order valence-corrected chi connectivity index (χ0v) is 15.9. The molecule has 3 heterocycles. The molecule has 148 valence electrons. The highest BCUT2D eigenvalue weighted by molar-refractivity contribution is 6.04. The summed E-state index contributed by atoms with van der Waals surface area (Å²) in [6.07, 6.45) is 5.28. The van der Waals surface area contributed by atoms with Gasteiger partial charge in [-0.2, -0.15) is 0 Å². The first-order valence-electron chi connectivity index (χ1n) is 9.59. The Hall–Kier alpha value is -3.32. The first-order chi connectivity index (χ1) is 14.1. The molecule has 0 aliphatic carbocycles. The summed E-state index contributed by atoms with van der Waals surface area (Å²) >= 11 is 0. The van der Waals surface area contributed by atoms with E-state index >= 15 is 0 Å². The van der Waals surface area contributed by atoms with Crippen LogP contribution in [-0.4, -0.2) is 35.0 Å². The Labute approximate surface area is 168 Å². The van der Waals surface area contributed by atoms with E-state index in [-0.39, 0.29) is 17.4 Å². The number of amides is 1. The maximum atomic E-state index is 14.3. The summed E-state index contributed by atoms with van der Waals surface area (Å²) in [5.41, 5.74) is 8.45. The van der Waals surface area contributed by atoms with E-state index in [1.165, 1.54) is 12.1 Å². The Kier molecular flexibility index (Phi) is 5.48. The van der Waals surface area contributed by atoms with Crippen LogP contribution in [0.3, 0.4) is 0 Å². The van der Waals surface area contributed by atoms with E-state index in [1.807, 2.05) is 12.1 Å². The van der Waals surface area contributed by atoms with Gasteiger partial charge in [-0.25, -0.2) is 9.37 Å². The molecule has 0 unspecified atom stereocenters. The second kappa shape index (κ2) is 8.36. The number of nitrogens with one attached hydrogen (secondary N) is 1. The Balaban J connectivity index is 1.59. The second-order valence-electron chi connectivity index (χ2n) is 7.09. The van der Waals surface area contributed by atoms with Gasteiger partial charge in [-0.15, -0.1) is 0 Å². The van der Waals surface area contributed by atoms with Crippen molar-refractivity contribution in [2.24, 2.45) is 5.73 Å². The summed E-state index contributed by atoms with van der Waals surface area (Å²) in [5.74, 6) is -0.894. The van der Waals surface area contributed by atoms with Crippen molar-refractivity contribution in [3.63, 3.8) is 0 Å². The molecule has 0 spiro atoms. The number of aromatic nitrogens is 2. The third-order valence-electron chi connectivity index (χ3n) is 4.97. The maximum Gasteiger partial charge on any atom is 0.274 e. The van der Waals surface area contributed by atoms with Crippen LogP contribution in [0.15, 0.2) is 60.9 Å². The summed E-state index contributed by atoms with van der Waals surface area (Å²) in [5, 5.41) is 2.87. The van der Waals surface area contributed by atoms with Gasteiger partial charge in [0.15, 0.2) is 0 Å². The standard InChI is InChI=1S/C22H22FN5O/c23-17-8-9-18(26-21(17)15-5-2-1-3-6-15)22(29)27-19-13-25-11-10-20(19)28-12-4-7-16(24)14-28/h1-3,5-6,8-11,13,16H,4,7,12,14,24H2,(H,27,29)/t16-/m0/s1. The number of pyridine rings is 2. The van der Waals surface area contributed by atoms with Gasteiger partial charge in [0.1, 0.15) is 17.2 Å². The average molecular weight is 391 g/mol. The molecule has 3 N–H and O–H groups in total. The molecule has 7 heteroatoms. The molecule has 1 aliphatic rings. The second-order valence-corrected chi connectivity index (χ2v) is 7.09. The van der Waals surface area contributed by atoms with Crippen LogP contribution in [0.2, 0.25) is 0 Å². The number of nitrogens with two attached hydrogens (primary N) is 1. The van der Waals surface area contributed by atoms with Crippen molar-refractivity contribution in [1.82, 2.24) is 9.97 Å². The third-order valence-corrected chi connectivity index (χ3v) is 4.97. The van der Waals surface area contributed by atoms with Crippen LogP contribution in [0.5, 0.6) is 0 Å². The number of benzene rings is 1. The van der Waals surface area contributed by atoms with E-state index in [0.29, 0.717) is 11.3 Å². The van der Waals surface area contributed by atoms with Gasteiger partial charge in [0, 0.05) is 30.9 Å². The molecule has 1 fully saturated rings. The molecular formula is C22H22FN5O. The number of piperidine rings is 1. The normalized spacial score (nSPS) is 16.5. The van der Waals surface area contributed by atoms with Crippen LogP contribution in [0, 0.1) is 5.82 Å². The Morgan fingerprint density at radius 1 is 1.17 bits per heavy atom. The Bertz CT molecular complexity index is 1010. The van der Waals surface area contributed by atoms with E-state index in [1.54, 1.807) is 36.7 Å².